The normalized spacial score (nSPS) is 14.6. The summed E-state index contributed by atoms with van der Waals surface area (Å²) in [6, 6.07) is 12.4. The van der Waals surface area contributed by atoms with Gasteiger partial charge in [0.1, 0.15) is 5.82 Å². The summed E-state index contributed by atoms with van der Waals surface area (Å²) < 4.78 is 13.3. The van der Waals surface area contributed by atoms with Crippen molar-refractivity contribution >= 4 is 17.4 Å². The number of aryl methyl sites for hydroxylation is 2. The average molecular weight is 327 g/mol. The molecule has 1 N–H and O–H groups in total. The molecule has 0 aliphatic carbocycles. The van der Waals surface area contributed by atoms with Crippen molar-refractivity contribution in [2.45, 2.75) is 13.8 Å². The van der Waals surface area contributed by atoms with Crippen LogP contribution >= 0.6 is 0 Å². The van der Waals surface area contributed by atoms with Crippen molar-refractivity contribution in [2.24, 2.45) is 0 Å². The van der Waals surface area contributed by atoms with Crippen LogP contribution in [0.25, 0.3) is 0 Å². The Labute approximate surface area is 141 Å². The van der Waals surface area contributed by atoms with Crippen molar-refractivity contribution in [2.75, 3.05) is 36.4 Å². The largest absolute Gasteiger partial charge is 0.368 e. The summed E-state index contributed by atoms with van der Waals surface area (Å²) in [6.07, 6.45) is 0. The molecule has 0 atom stereocenters. The summed E-state index contributed by atoms with van der Waals surface area (Å²) >= 11 is 0. The standard InChI is InChI=1S/C19H22FN3O/c1-14-6-7-17(12-15(14)2)21-19(24)23-10-8-22(9-11-23)18-5-3-4-16(20)13-18/h3-7,12-13H,8-11H2,1-2H3,(H,21,24). The molecule has 3 rings (SSSR count). The van der Waals surface area contributed by atoms with Gasteiger partial charge in [0.15, 0.2) is 0 Å². The lowest BCUT2D eigenvalue weighted by molar-refractivity contribution is 0.208. The van der Waals surface area contributed by atoms with Crippen LogP contribution in [0.1, 0.15) is 11.1 Å². The molecule has 2 amide bonds. The van der Waals surface area contributed by atoms with Crippen molar-refractivity contribution in [3.05, 3.63) is 59.4 Å². The van der Waals surface area contributed by atoms with Crippen molar-refractivity contribution in [3.63, 3.8) is 0 Å². The van der Waals surface area contributed by atoms with Crippen LogP contribution in [0.3, 0.4) is 0 Å². The number of urea groups is 1. The Bertz CT molecular complexity index is 739. The van der Waals surface area contributed by atoms with Crippen molar-refractivity contribution < 1.29 is 9.18 Å². The third-order valence-electron chi connectivity index (χ3n) is 4.50. The van der Waals surface area contributed by atoms with E-state index in [2.05, 4.69) is 10.2 Å². The highest BCUT2D eigenvalue weighted by molar-refractivity contribution is 5.89. The molecule has 1 heterocycles. The number of nitrogens with zero attached hydrogens (tertiary/aromatic N) is 2. The molecule has 0 saturated carbocycles. The number of halogens is 1. The summed E-state index contributed by atoms with van der Waals surface area (Å²) in [5.41, 5.74) is 4.04. The van der Waals surface area contributed by atoms with Gasteiger partial charge in [-0.2, -0.15) is 0 Å². The SMILES string of the molecule is Cc1ccc(NC(=O)N2CCN(c3cccc(F)c3)CC2)cc1C. The number of benzene rings is 2. The first-order valence-electron chi connectivity index (χ1n) is 8.16. The van der Waals surface area contributed by atoms with Crippen LogP contribution in [0.15, 0.2) is 42.5 Å². The molecule has 24 heavy (non-hydrogen) atoms. The van der Waals surface area contributed by atoms with Crippen LogP contribution in [0, 0.1) is 19.7 Å². The zero-order valence-corrected chi connectivity index (χ0v) is 14.1. The van der Waals surface area contributed by atoms with E-state index in [9.17, 15) is 9.18 Å². The average Bonchev–Trinajstić information content (AvgIpc) is 2.58. The van der Waals surface area contributed by atoms with Crippen LogP contribution in [-0.2, 0) is 0 Å². The summed E-state index contributed by atoms with van der Waals surface area (Å²) in [7, 11) is 0. The zero-order chi connectivity index (χ0) is 17.1. The Balaban J connectivity index is 1.58. The number of nitrogens with one attached hydrogen (secondary N) is 1. The smallest absolute Gasteiger partial charge is 0.321 e. The van der Waals surface area contributed by atoms with Crippen LogP contribution < -0.4 is 10.2 Å². The number of rotatable bonds is 2. The van der Waals surface area contributed by atoms with Crippen LogP contribution in [0.5, 0.6) is 0 Å². The summed E-state index contributed by atoms with van der Waals surface area (Å²) in [4.78, 5) is 16.3. The van der Waals surface area contributed by atoms with E-state index < -0.39 is 0 Å². The summed E-state index contributed by atoms with van der Waals surface area (Å²) in [5, 5.41) is 2.95. The van der Waals surface area contributed by atoms with Gasteiger partial charge in [0.05, 0.1) is 0 Å². The molecule has 0 unspecified atom stereocenters. The Hall–Kier alpha value is -2.56. The lowest BCUT2D eigenvalue weighted by Gasteiger charge is -2.36. The Kier molecular flexibility index (Phi) is 4.69. The topological polar surface area (TPSA) is 35.6 Å². The second-order valence-corrected chi connectivity index (χ2v) is 6.18. The minimum Gasteiger partial charge on any atom is -0.368 e. The minimum atomic E-state index is -0.234. The van der Waals surface area contributed by atoms with Crippen LogP contribution in [-0.4, -0.2) is 37.1 Å². The quantitative estimate of drug-likeness (QED) is 0.911. The van der Waals surface area contributed by atoms with Gasteiger partial charge in [-0.05, 0) is 55.3 Å². The van der Waals surface area contributed by atoms with Crippen molar-refractivity contribution in [3.8, 4) is 0 Å². The minimum absolute atomic E-state index is 0.0860. The maximum Gasteiger partial charge on any atom is 0.321 e. The fraction of sp³-hybridized carbons (Fsp3) is 0.316. The number of anilines is 2. The first-order valence-corrected chi connectivity index (χ1v) is 8.16. The molecular formula is C19H22FN3O. The molecule has 1 fully saturated rings. The Morgan fingerprint density at radius 1 is 1.00 bits per heavy atom. The second-order valence-electron chi connectivity index (χ2n) is 6.18. The maximum atomic E-state index is 13.3. The van der Waals surface area contributed by atoms with E-state index in [1.54, 1.807) is 11.0 Å². The maximum absolute atomic E-state index is 13.3. The molecule has 2 aromatic rings. The predicted molar refractivity (Wildman–Crippen MR) is 95.1 cm³/mol. The van der Waals surface area contributed by atoms with Gasteiger partial charge in [-0.3, -0.25) is 0 Å². The van der Waals surface area contributed by atoms with E-state index in [0.717, 1.165) is 16.9 Å². The highest BCUT2D eigenvalue weighted by atomic mass is 19.1. The number of hydrogen-bond acceptors (Lipinski definition) is 2. The van der Waals surface area contributed by atoms with Gasteiger partial charge in [-0.25, -0.2) is 9.18 Å². The molecule has 4 nitrogen and oxygen atoms in total. The van der Waals surface area contributed by atoms with Crippen molar-refractivity contribution in [1.82, 2.24) is 4.90 Å². The Morgan fingerprint density at radius 3 is 2.42 bits per heavy atom. The Morgan fingerprint density at radius 2 is 1.75 bits per heavy atom. The molecule has 126 valence electrons. The van der Waals surface area contributed by atoms with E-state index in [-0.39, 0.29) is 11.8 Å². The molecule has 1 saturated heterocycles. The van der Waals surface area contributed by atoms with E-state index in [1.807, 2.05) is 38.1 Å². The highest BCUT2D eigenvalue weighted by Gasteiger charge is 2.21. The molecule has 2 aromatic carbocycles. The van der Waals surface area contributed by atoms with Crippen molar-refractivity contribution in [1.29, 1.82) is 0 Å². The van der Waals surface area contributed by atoms with Gasteiger partial charge in [0.2, 0.25) is 0 Å². The lowest BCUT2D eigenvalue weighted by atomic mass is 10.1. The second kappa shape index (κ2) is 6.91. The highest BCUT2D eigenvalue weighted by Crippen LogP contribution is 2.19. The van der Waals surface area contributed by atoms with Gasteiger partial charge >= 0.3 is 6.03 Å². The number of carbonyl (C=O) groups excluding carboxylic acids is 1. The molecule has 0 spiro atoms. The number of amides is 2. The summed E-state index contributed by atoms with van der Waals surface area (Å²) in [5.74, 6) is -0.234. The molecule has 5 heteroatoms. The third-order valence-corrected chi connectivity index (χ3v) is 4.50. The van der Waals surface area contributed by atoms with E-state index in [1.165, 1.54) is 17.7 Å². The molecule has 0 radical (unpaired) electrons. The first kappa shape index (κ1) is 16.3. The molecule has 0 aromatic heterocycles. The first-order chi connectivity index (χ1) is 11.5. The molecule has 0 bridgehead atoms. The predicted octanol–water partition coefficient (Wildman–Crippen LogP) is 3.80. The summed E-state index contributed by atoms with van der Waals surface area (Å²) in [6.45, 7) is 6.71. The van der Waals surface area contributed by atoms with Crippen LogP contribution in [0.4, 0.5) is 20.6 Å². The lowest BCUT2D eigenvalue weighted by Crippen LogP contribution is -2.50. The van der Waals surface area contributed by atoms with Crippen LogP contribution in [0.2, 0.25) is 0 Å². The fourth-order valence-corrected chi connectivity index (χ4v) is 2.86. The monoisotopic (exact) mass is 327 g/mol. The van der Waals surface area contributed by atoms with Gasteiger partial charge in [-0.1, -0.05) is 12.1 Å². The molecule has 1 aliphatic heterocycles. The number of hydrogen-bond donors (Lipinski definition) is 1. The van der Waals surface area contributed by atoms with Gasteiger partial charge in [-0.15, -0.1) is 0 Å². The zero-order valence-electron chi connectivity index (χ0n) is 14.1. The molecular weight excluding hydrogens is 305 g/mol. The number of piperazine rings is 1. The molecule has 1 aliphatic rings. The fourth-order valence-electron chi connectivity index (χ4n) is 2.86. The van der Waals surface area contributed by atoms with Gasteiger partial charge in [0, 0.05) is 37.6 Å². The van der Waals surface area contributed by atoms with E-state index >= 15 is 0 Å². The third kappa shape index (κ3) is 3.67. The van der Waals surface area contributed by atoms with E-state index in [0.29, 0.717) is 26.2 Å². The van der Waals surface area contributed by atoms with Gasteiger partial charge < -0.3 is 15.1 Å². The number of carbonyl (C=O) groups is 1. The van der Waals surface area contributed by atoms with E-state index in [4.69, 9.17) is 0 Å². The van der Waals surface area contributed by atoms with Gasteiger partial charge in [0.25, 0.3) is 0 Å².